The summed E-state index contributed by atoms with van der Waals surface area (Å²) in [7, 11) is 0. The van der Waals surface area contributed by atoms with Gasteiger partial charge < -0.3 is 13.9 Å². The number of furan rings is 1. The zero-order valence-electron chi connectivity index (χ0n) is 12.1. The second kappa shape index (κ2) is 5.24. The molecule has 2 fully saturated rings. The van der Waals surface area contributed by atoms with E-state index >= 15 is 0 Å². The van der Waals surface area contributed by atoms with Crippen LogP contribution in [0.2, 0.25) is 0 Å². The summed E-state index contributed by atoms with van der Waals surface area (Å²) in [5.74, 6) is 1.07. The first-order valence-electron chi connectivity index (χ1n) is 7.42. The van der Waals surface area contributed by atoms with Gasteiger partial charge in [-0.2, -0.15) is 0 Å². The minimum atomic E-state index is -0.136. The number of fused-ring (bicyclic) bond motifs is 1. The van der Waals surface area contributed by atoms with Gasteiger partial charge in [0, 0.05) is 24.4 Å². The van der Waals surface area contributed by atoms with E-state index in [0.29, 0.717) is 18.8 Å². The van der Waals surface area contributed by atoms with E-state index in [4.69, 9.17) is 13.9 Å². The van der Waals surface area contributed by atoms with Gasteiger partial charge in [0.2, 0.25) is 0 Å². The molecule has 1 saturated carbocycles. The van der Waals surface area contributed by atoms with Crippen molar-refractivity contribution in [2.45, 2.75) is 51.7 Å². The average Bonchev–Trinajstić information content (AvgIpc) is 2.96. The largest absolute Gasteiger partial charge is 0.469 e. The monoisotopic (exact) mass is 278 g/mol. The van der Waals surface area contributed by atoms with Crippen LogP contribution in [-0.2, 0) is 20.7 Å². The first-order chi connectivity index (χ1) is 9.59. The SMILES string of the molecule is CC1(C)C2OCCCC2C1OC(=O)CCc1ccco1. The molecule has 1 aromatic rings. The third kappa shape index (κ3) is 2.37. The summed E-state index contributed by atoms with van der Waals surface area (Å²) in [5, 5.41) is 0. The van der Waals surface area contributed by atoms with E-state index in [1.807, 2.05) is 12.1 Å². The molecule has 0 aromatic carbocycles. The van der Waals surface area contributed by atoms with Gasteiger partial charge in [-0.05, 0) is 25.0 Å². The fourth-order valence-corrected chi connectivity index (χ4v) is 3.60. The van der Waals surface area contributed by atoms with Gasteiger partial charge in [0.1, 0.15) is 11.9 Å². The van der Waals surface area contributed by atoms with Crippen LogP contribution in [0.4, 0.5) is 0 Å². The summed E-state index contributed by atoms with van der Waals surface area (Å²) in [4.78, 5) is 12.0. The van der Waals surface area contributed by atoms with Crippen molar-refractivity contribution < 1.29 is 18.7 Å². The predicted octanol–water partition coefficient (Wildman–Crippen LogP) is 2.96. The van der Waals surface area contributed by atoms with Crippen molar-refractivity contribution >= 4 is 5.97 Å². The lowest BCUT2D eigenvalue weighted by Gasteiger charge is -2.58. The highest BCUT2D eigenvalue weighted by Crippen LogP contribution is 2.52. The minimum absolute atomic E-state index is 0.00287. The molecule has 0 spiro atoms. The van der Waals surface area contributed by atoms with Crippen LogP contribution < -0.4 is 0 Å². The fourth-order valence-electron chi connectivity index (χ4n) is 3.60. The highest BCUT2D eigenvalue weighted by atomic mass is 16.6. The second-order valence-electron chi connectivity index (χ2n) is 6.41. The maximum atomic E-state index is 12.0. The highest BCUT2D eigenvalue weighted by molar-refractivity contribution is 5.70. The lowest BCUT2D eigenvalue weighted by Crippen LogP contribution is -2.65. The molecule has 1 aliphatic carbocycles. The van der Waals surface area contributed by atoms with Gasteiger partial charge in [-0.25, -0.2) is 0 Å². The molecule has 4 heteroatoms. The van der Waals surface area contributed by atoms with Crippen molar-refractivity contribution in [1.29, 1.82) is 0 Å². The smallest absolute Gasteiger partial charge is 0.306 e. The Morgan fingerprint density at radius 1 is 1.50 bits per heavy atom. The van der Waals surface area contributed by atoms with Crippen LogP contribution in [-0.4, -0.2) is 24.8 Å². The Bertz CT molecular complexity index is 463. The average molecular weight is 278 g/mol. The Hall–Kier alpha value is -1.29. The molecule has 0 bridgehead atoms. The molecular weight excluding hydrogens is 256 g/mol. The lowest BCUT2D eigenvalue weighted by atomic mass is 9.57. The van der Waals surface area contributed by atoms with Crippen molar-refractivity contribution in [2.24, 2.45) is 11.3 Å². The number of hydrogen-bond acceptors (Lipinski definition) is 4. The van der Waals surface area contributed by atoms with E-state index in [1.165, 1.54) is 0 Å². The maximum Gasteiger partial charge on any atom is 0.306 e. The molecule has 1 saturated heterocycles. The van der Waals surface area contributed by atoms with Gasteiger partial charge in [-0.3, -0.25) is 4.79 Å². The number of carbonyl (C=O) groups is 1. The fraction of sp³-hybridized carbons (Fsp3) is 0.688. The molecule has 20 heavy (non-hydrogen) atoms. The van der Waals surface area contributed by atoms with Gasteiger partial charge in [0.15, 0.2) is 0 Å². The first-order valence-corrected chi connectivity index (χ1v) is 7.42. The molecule has 110 valence electrons. The van der Waals surface area contributed by atoms with Crippen molar-refractivity contribution in [1.82, 2.24) is 0 Å². The minimum Gasteiger partial charge on any atom is -0.469 e. The molecule has 3 unspecified atom stereocenters. The van der Waals surface area contributed by atoms with Gasteiger partial charge in [-0.1, -0.05) is 13.8 Å². The van der Waals surface area contributed by atoms with Crippen LogP contribution in [0.3, 0.4) is 0 Å². The van der Waals surface area contributed by atoms with Gasteiger partial charge in [0.05, 0.1) is 18.8 Å². The predicted molar refractivity (Wildman–Crippen MR) is 73.2 cm³/mol. The summed E-state index contributed by atoms with van der Waals surface area (Å²) >= 11 is 0. The Balaban J connectivity index is 1.53. The standard InChI is InChI=1S/C16H22O4/c1-16(2)14-12(6-4-10-19-14)15(16)20-13(17)8-7-11-5-3-9-18-11/h3,5,9,12,14-15H,4,6-8,10H2,1-2H3. The Kier molecular flexibility index (Phi) is 3.59. The number of ether oxygens (including phenoxy) is 2. The van der Waals surface area contributed by atoms with Crippen LogP contribution in [0.15, 0.2) is 22.8 Å². The van der Waals surface area contributed by atoms with Crippen LogP contribution in [0.25, 0.3) is 0 Å². The van der Waals surface area contributed by atoms with E-state index in [9.17, 15) is 4.79 Å². The maximum absolute atomic E-state index is 12.0. The number of carbonyl (C=O) groups excluding carboxylic acids is 1. The van der Waals surface area contributed by atoms with Crippen molar-refractivity contribution in [3.63, 3.8) is 0 Å². The van der Waals surface area contributed by atoms with Crippen LogP contribution in [0.1, 0.15) is 38.9 Å². The normalized spacial score (nSPS) is 31.2. The van der Waals surface area contributed by atoms with Crippen LogP contribution >= 0.6 is 0 Å². The number of rotatable bonds is 4. The van der Waals surface area contributed by atoms with E-state index in [0.717, 1.165) is 25.2 Å². The molecule has 0 amide bonds. The van der Waals surface area contributed by atoms with Gasteiger partial charge in [0.25, 0.3) is 0 Å². The van der Waals surface area contributed by atoms with E-state index in [1.54, 1.807) is 6.26 Å². The first kappa shape index (κ1) is 13.7. The van der Waals surface area contributed by atoms with Crippen molar-refractivity contribution in [2.75, 3.05) is 6.61 Å². The summed E-state index contributed by atoms with van der Waals surface area (Å²) in [6.45, 7) is 5.09. The van der Waals surface area contributed by atoms with E-state index in [-0.39, 0.29) is 23.6 Å². The molecule has 2 aliphatic rings. The second-order valence-corrected chi connectivity index (χ2v) is 6.41. The number of esters is 1. The van der Waals surface area contributed by atoms with Crippen LogP contribution in [0.5, 0.6) is 0 Å². The molecule has 0 radical (unpaired) electrons. The summed E-state index contributed by atoms with van der Waals surface area (Å²) < 4.78 is 16.8. The van der Waals surface area contributed by atoms with E-state index in [2.05, 4.69) is 13.8 Å². The highest BCUT2D eigenvalue weighted by Gasteiger charge is 2.60. The van der Waals surface area contributed by atoms with E-state index < -0.39 is 0 Å². The lowest BCUT2D eigenvalue weighted by molar-refractivity contribution is -0.254. The topological polar surface area (TPSA) is 48.7 Å². The molecule has 2 heterocycles. The zero-order valence-corrected chi connectivity index (χ0v) is 12.1. The summed E-state index contributed by atoms with van der Waals surface area (Å²) in [5.41, 5.74) is -0.0641. The molecule has 1 aliphatic heterocycles. The Labute approximate surface area is 119 Å². The Morgan fingerprint density at radius 2 is 2.35 bits per heavy atom. The van der Waals surface area contributed by atoms with Crippen molar-refractivity contribution in [3.05, 3.63) is 24.2 Å². The summed E-state index contributed by atoms with van der Waals surface area (Å²) in [6.07, 6.45) is 5.01. The van der Waals surface area contributed by atoms with Gasteiger partial charge >= 0.3 is 5.97 Å². The van der Waals surface area contributed by atoms with Crippen LogP contribution in [0, 0.1) is 11.3 Å². The number of hydrogen-bond donors (Lipinski definition) is 0. The quantitative estimate of drug-likeness (QED) is 0.794. The summed E-state index contributed by atoms with van der Waals surface area (Å²) in [6, 6.07) is 3.71. The molecule has 4 nitrogen and oxygen atoms in total. The third-order valence-corrected chi connectivity index (χ3v) is 4.64. The Morgan fingerprint density at radius 3 is 3.10 bits per heavy atom. The third-order valence-electron chi connectivity index (χ3n) is 4.64. The molecular formula is C16H22O4. The molecule has 1 aromatic heterocycles. The molecule has 3 atom stereocenters. The molecule has 3 rings (SSSR count). The van der Waals surface area contributed by atoms with Crippen molar-refractivity contribution in [3.8, 4) is 0 Å². The zero-order chi connectivity index (χ0) is 14.2. The molecule has 0 N–H and O–H groups in total. The van der Waals surface area contributed by atoms with Gasteiger partial charge in [-0.15, -0.1) is 0 Å². The number of aryl methyl sites for hydroxylation is 1.